The molecule has 0 aromatic carbocycles. The molecule has 0 aromatic heterocycles. The Hall–Kier alpha value is -3.67. The zero-order chi connectivity index (χ0) is 47.2. The quantitative estimate of drug-likeness (QED) is 0.0262. The van der Waals surface area contributed by atoms with Gasteiger partial charge in [0.1, 0.15) is 13.2 Å². The molecule has 0 aliphatic carbocycles. The smallest absolute Gasteiger partial charge is 0.306 e. The average Bonchev–Trinajstić information content (AvgIpc) is 3.30. The van der Waals surface area contributed by atoms with E-state index in [4.69, 9.17) is 14.2 Å². The molecule has 6 nitrogen and oxygen atoms in total. The second kappa shape index (κ2) is 52.9. The molecule has 0 saturated carbocycles. The number of hydrogen-bond acceptors (Lipinski definition) is 6. The van der Waals surface area contributed by atoms with Gasteiger partial charge in [0.05, 0.1) is 0 Å². The van der Waals surface area contributed by atoms with Crippen LogP contribution in [0.1, 0.15) is 239 Å². The van der Waals surface area contributed by atoms with Gasteiger partial charge in [0, 0.05) is 19.3 Å². The third kappa shape index (κ3) is 51.2. The number of rotatable bonds is 47. The first kappa shape index (κ1) is 61.3. The van der Waals surface area contributed by atoms with E-state index in [1.54, 1.807) is 0 Å². The Balaban J connectivity index is 4.42. The zero-order valence-corrected chi connectivity index (χ0v) is 42.2. The molecule has 6 heteroatoms. The standard InChI is InChI=1S/C59H98O6/c1-4-7-10-13-16-19-22-25-26-27-28-29-30-31-32-35-37-40-43-46-49-52-58(61)64-55-56(65-59(62)53-50-47-44-41-38-34-24-21-18-15-12-9-6-3)54-63-57(60)51-48-45-42-39-36-33-23-20-17-14-11-8-5-2/h7,10,12,15-16,19-21,23-26,28-29,31-32,56H,4-6,8-9,11,13-14,17-18,22,27,30,33-55H2,1-3H3/b10-7-,15-12-,19-16-,23-20-,24-21-,26-25-,29-28-,32-31-. The van der Waals surface area contributed by atoms with Gasteiger partial charge in [-0.05, 0) is 116 Å². The second-order valence-corrected chi connectivity index (χ2v) is 17.4. The van der Waals surface area contributed by atoms with Crippen molar-refractivity contribution in [1.82, 2.24) is 0 Å². The molecule has 0 aromatic rings. The second-order valence-electron chi connectivity index (χ2n) is 17.4. The number of hydrogen-bond donors (Lipinski definition) is 0. The molecule has 0 spiro atoms. The van der Waals surface area contributed by atoms with Crippen LogP contribution in [0, 0.1) is 0 Å². The first-order valence-corrected chi connectivity index (χ1v) is 26.7. The van der Waals surface area contributed by atoms with Gasteiger partial charge in [-0.1, -0.05) is 201 Å². The first-order valence-electron chi connectivity index (χ1n) is 26.7. The van der Waals surface area contributed by atoms with E-state index in [2.05, 4.69) is 118 Å². The Morgan fingerprint density at radius 1 is 0.323 bits per heavy atom. The summed E-state index contributed by atoms with van der Waals surface area (Å²) in [4.78, 5) is 38.0. The number of allylic oxidation sites excluding steroid dienone is 16. The van der Waals surface area contributed by atoms with Crippen molar-refractivity contribution in [1.29, 1.82) is 0 Å². The third-order valence-corrected chi connectivity index (χ3v) is 11.0. The van der Waals surface area contributed by atoms with Crippen molar-refractivity contribution in [3.05, 3.63) is 97.2 Å². The van der Waals surface area contributed by atoms with Gasteiger partial charge in [-0.15, -0.1) is 0 Å². The lowest BCUT2D eigenvalue weighted by molar-refractivity contribution is -0.167. The van der Waals surface area contributed by atoms with Crippen molar-refractivity contribution in [3.8, 4) is 0 Å². The van der Waals surface area contributed by atoms with Crippen LogP contribution >= 0.6 is 0 Å². The molecule has 0 rings (SSSR count). The van der Waals surface area contributed by atoms with Crippen molar-refractivity contribution in [2.75, 3.05) is 13.2 Å². The molecule has 1 unspecified atom stereocenters. The number of ether oxygens (including phenoxy) is 3. The highest BCUT2D eigenvalue weighted by Crippen LogP contribution is 2.13. The minimum atomic E-state index is -0.797. The highest BCUT2D eigenvalue weighted by molar-refractivity contribution is 5.71. The number of carbonyl (C=O) groups is 3. The van der Waals surface area contributed by atoms with Gasteiger partial charge in [0.25, 0.3) is 0 Å². The van der Waals surface area contributed by atoms with E-state index in [1.807, 2.05) is 0 Å². The summed E-state index contributed by atoms with van der Waals surface area (Å²) in [5, 5.41) is 0. The zero-order valence-electron chi connectivity index (χ0n) is 42.2. The number of unbranched alkanes of at least 4 members (excludes halogenated alkanes) is 20. The maximum Gasteiger partial charge on any atom is 0.306 e. The molecule has 0 bridgehead atoms. The van der Waals surface area contributed by atoms with Crippen molar-refractivity contribution < 1.29 is 28.6 Å². The van der Waals surface area contributed by atoms with Crippen LogP contribution in [0.25, 0.3) is 0 Å². The average molecular weight is 903 g/mol. The molecule has 0 heterocycles. The molecular weight excluding hydrogens is 805 g/mol. The van der Waals surface area contributed by atoms with E-state index in [-0.39, 0.29) is 31.1 Å². The largest absolute Gasteiger partial charge is 0.462 e. The Morgan fingerprint density at radius 2 is 0.631 bits per heavy atom. The van der Waals surface area contributed by atoms with Crippen LogP contribution in [0.15, 0.2) is 97.2 Å². The summed E-state index contributed by atoms with van der Waals surface area (Å²) >= 11 is 0. The van der Waals surface area contributed by atoms with Crippen LogP contribution in [-0.2, 0) is 28.6 Å². The number of esters is 3. The fourth-order valence-corrected chi connectivity index (χ4v) is 7.03. The van der Waals surface area contributed by atoms with Crippen LogP contribution < -0.4 is 0 Å². The molecule has 370 valence electrons. The molecular formula is C59H98O6. The fourth-order valence-electron chi connectivity index (χ4n) is 7.03. The summed E-state index contributed by atoms with van der Waals surface area (Å²) in [5.41, 5.74) is 0. The summed E-state index contributed by atoms with van der Waals surface area (Å²) in [7, 11) is 0. The molecule has 0 fully saturated rings. The van der Waals surface area contributed by atoms with Crippen molar-refractivity contribution in [2.45, 2.75) is 245 Å². The summed E-state index contributed by atoms with van der Waals surface area (Å²) < 4.78 is 16.8. The molecule has 0 aliphatic rings. The minimum absolute atomic E-state index is 0.0948. The van der Waals surface area contributed by atoms with Gasteiger partial charge < -0.3 is 14.2 Å². The number of carbonyl (C=O) groups excluding carboxylic acids is 3. The summed E-state index contributed by atoms with van der Waals surface area (Å²) in [6.07, 6.45) is 69.6. The van der Waals surface area contributed by atoms with E-state index >= 15 is 0 Å². The van der Waals surface area contributed by atoms with Gasteiger partial charge in [-0.2, -0.15) is 0 Å². The fraction of sp³-hybridized carbons (Fsp3) is 0.678. The lowest BCUT2D eigenvalue weighted by Crippen LogP contribution is -2.30. The highest BCUT2D eigenvalue weighted by atomic mass is 16.6. The summed E-state index contributed by atoms with van der Waals surface area (Å²) in [5.74, 6) is -0.939. The van der Waals surface area contributed by atoms with Crippen molar-refractivity contribution in [2.24, 2.45) is 0 Å². The predicted octanol–water partition coefficient (Wildman–Crippen LogP) is 17.8. The maximum absolute atomic E-state index is 12.8. The minimum Gasteiger partial charge on any atom is -0.462 e. The van der Waals surface area contributed by atoms with Gasteiger partial charge >= 0.3 is 17.9 Å². The Bertz CT molecular complexity index is 1310. The third-order valence-electron chi connectivity index (χ3n) is 11.0. The summed E-state index contributed by atoms with van der Waals surface area (Å²) in [6.45, 7) is 6.40. The van der Waals surface area contributed by atoms with Crippen molar-refractivity contribution >= 4 is 17.9 Å². The lowest BCUT2D eigenvalue weighted by Gasteiger charge is -2.18. The van der Waals surface area contributed by atoms with Crippen LogP contribution in [0.4, 0.5) is 0 Å². The highest BCUT2D eigenvalue weighted by Gasteiger charge is 2.19. The van der Waals surface area contributed by atoms with Crippen LogP contribution in [-0.4, -0.2) is 37.2 Å². The molecule has 0 aliphatic heterocycles. The van der Waals surface area contributed by atoms with Crippen molar-refractivity contribution in [3.63, 3.8) is 0 Å². The first-order chi connectivity index (χ1) is 32.0. The molecule has 1 atom stereocenters. The monoisotopic (exact) mass is 903 g/mol. The van der Waals surface area contributed by atoms with Crippen LogP contribution in [0.2, 0.25) is 0 Å². The van der Waals surface area contributed by atoms with Gasteiger partial charge in [0.15, 0.2) is 6.10 Å². The van der Waals surface area contributed by atoms with E-state index in [0.717, 1.165) is 148 Å². The predicted molar refractivity (Wildman–Crippen MR) is 279 cm³/mol. The molecule has 0 N–H and O–H groups in total. The van der Waals surface area contributed by atoms with E-state index in [9.17, 15) is 14.4 Å². The molecule has 65 heavy (non-hydrogen) atoms. The van der Waals surface area contributed by atoms with Gasteiger partial charge in [0.2, 0.25) is 0 Å². The summed E-state index contributed by atoms with van der Waals surface area (Å²) in [6, 6.07) is 0. The van der Waals surface area contributed by atoms with Gasteiger partial charge in [-0.25, -0.2) is 0 Å². The van der Waals surface area contributed by atoms with Crippen LogP contribution in [0.3, 0.4) is 0 Å². The van der Waals surface area contributed by atoms with Gasteiger partial charge in [-0.3, -0.25) is 14.4 Å². The topological polar surface area (TPSA) is 78.9 Å². The molecule has 0 saturated heterocycles. The Kier molecular flexibility index (Phi) is 50.0. The molecule has 0 radical (unpaired) electrons. The maximum atomic E-state index is 12.8. The Labute approximate surface area is 400 Å². The normalized spacial score (nSPS) is 12.8. The Morgan fingerprint density at radius 3 is 1.02 bits per heavy atom. The lowest BCUT2D eigenvalue weighted by atomic mass is 10.1. The van der Waals surface area contributed by atoms with E-state index in [0.29, 0.717) is 19.3 Å². The SMILES string of the molecule is CC/C=C\C/C=C\C/C=C\C/C=C\C/C=C\CCCCCCCC(=O)OCC(COC(=O)CCCCCCC/C=C\CCCCCC)OC(=O)CCCCCCC/C=C\C/C=C\CCC. The van der Waals surface area contributed by atoms with E-state index < -0.39 is 6.10 Å². The van der Waals surface area contributed by atoms with Crippen LogP contribution in [0.5, 0.6) is 0 Å². The van der Waals surface area contributed by atoms with E-state index in [1.165, 1.54) is 51.4 Å². The molecule has 0 amide bonds.